The Morgan fingerprint density at radius 1 is 1.23 bits per heavy atom. The fraction of sp³-hybridized carbons (Fsp3) is 0.412. The zero-order valence-corrected chi connectivity index (χ0v) is 17.1. The number of aryl methyl sites for hydroxylation is 3. The predicted molar refractivity (Wildman–Crippen MR) is 101 cm³/mol. The van der Waals surface area contributed by atoms with Gasteiger partial charge in [-0.2, -0.15) is 15.3 Å². The highest BCUT2D eigenvalue weighted by Crippen LogP contribution is 2.20. The second-order valence-electron chi connectivity index (χ2n) is 6.40. The second-order valence-corrected chi connectivity index (χ2v) is 7.20. The third-order valence-corrected chi connectivity index (χ3v) is 5.46. The van der Waals surface area contributed by atoms with Gasteiger partial charge in [-0.15, -0.1) is 0 Å². The number of rotatable bonds is 5. The van der Waals surface area contributed by atoms with Gasteiger partial charge < -0.3 is 5.32 Å². The van der Waals surface area contributed by atoms with Gasteiger partial charge in [0.1, 0.15) is 12.4 Å². The average Bonchev–Trinajstić information content (AvgIpc) is 3.24. The highest BCUT2D eigenvalue weighted by atomic mass is 79.9. The zero-order valence-electron chi connectivity index (χ0n) is 15.5. The molecule has 1 amide bonds. The van der Waals surface area contributed by atoms with Crippen LogP contribution >= 0.6 is 15.9 Å². The standard InChI is InChI=1S/C17H22BrN7O/c1-10(14-8-23(5)20-11(14)2)19-17(26)15-6-7-24(22-15)9-25-13(4)16(18)12(3)21-25/h6-8,10H,9H2,1-5H3,(H,19,26). The molecule has 3 aromatic heterocycles. The van der Waals surface area contributed by atoms with Crippen LogP contribution in [0.1, 0.15) is 46.1 Å². The third-order valence-electron chi connectivity index (χ3n) is 4.31. The zero-order chi connectivity index (χ0) is 19.0. The molecule has 3 heterocycles. The highest BCUT2D eigenvalue weighted by molar-refractivity contribution is 9.10. The maximum Gasteiger partial charge on any atom is 0.272 e. The van der Waals surface area contributed by atoms with Gasteiger partial charge >= 0.3 is 0 Å². The number of hydrogen-bond acceptors (Lipinski definition) is 4. The van der Waals surface area contributed by atoms with Gasteiger partial charge in [0.2, 0.25) is 0 Å². The molecule has 0 aliphatic heterocycles. The molecule has 1 N–H and O–H groups in total. The molecule has 1 atom stereocenters. The van der Waals surface area contributed by atoms with Crippen molar-refractivity contribution in [3.63, 3.8) is 0 Å². The molecule has 0 aromatic carbocycles. The summed E-state index contributed by atoms with van der Waals surface area (Å²) in [7, 11) is 1.87. The average molecular weight is 420 g/mol. The Labute approximate surface area is 160 Å². The fourth-order valence-electron chi connectivity index (χ4n) is 2.90. The Bertz CT molecular complexity index is 953. The van der Waals surface area contributed by atoms with E-state index >= 15 is 0 Å². The molecule has 3 rings (SSSR count). The van der Waals surface area contributed by atoms with Crippen LogP contribution in [-0.2, 0) is 13.7 Å². The van der Waals surface area contributed by atoms with Crippen LogP contribution in [0.5, 0.6) is 0 Å². The lowest BCUT2D eigenvalue weighted by atomic mass is 10.1. The molecule has 0 saturated heterocycles. The van der Waals surface area contributed by atoms with Crippen molar-refractivity contribution in [2.24, 2.45) is 7.05 Å². The lowest BCUT2D eigenvalue weighted by Crippen LogP contribution is -2.27. The molecule has 0 bridgehead atoms. The number of aromatic nitrogens is 6. The van der Waals surface area contributed by atoms with Crippen molar-refractivity contribution in [3.05, 3.63) is 51.3 Å². The molecule has 3 aromatic rings. The number of hydrogen-bond donors (Lipinski definition) is 1. The molecule has 8 nitrogen and oxygen atoms in total. The van der Waals surface area contributed by atoms with E-state index < -0.39 is 0 Å². The van der Waals surface area contributed by atoms with E-state index in [1.807, 2.05) is 45.6 Å². The highest BCUT2D eigenvalue weighted by Gasteiger charge is 2.17. The maximum atomic E-state index is 12.5. The monoisotopic (exact) mass is 419 g/mol. The van der Waals surface area contributed by atoms with Crippen LogP contribution in [0.15, 0.2) is 22.9 Å². The van der Waals surface area contributed by atoms with E-state index in [2.05, 4.69) is 36.5 Å². The molecule has 0 radical (unpaired) electrons. The SMILES string of the molecule is Cc1nn(C)cc1C(C)NC(=O)c1ccn(Cn2nc(C)c(Br)c2C)n1. The first kappa shape index (κ1) is 18.4. The van der Waals surface area contributed by atoms with Crippen molar-refractivity contribution in [2.45, 2.75) is 40.4 Å². The Morgan fingerprint density at radius 2 is 1.96 bits per heavy atom. The minimum atomic E-state index is -0.214. The van der Waals surface area contributed by atoms with Crippen LogP contribution in [0.2, 0.25) is 0 Å². The van der Waals surface area contributed by atoms with Gasteiger partial charge in [0.25, 0.3) is 5.91 Å². The van der Waals surface area contributed by atoms with E-state index in [-0.39, 0.29) is 11.9 Å². The van der Waals surface area contributed by atoms with Crippen molar-refractivity contribution >= 4 is 21.8 Å². The normalized spacial score (nSPS) is 12.4. The van der Waals surface area contributed by atoms with Crippen LogP contribution in [0.3, 0.4) is 0 Å². The summed E-state index contributed by atoms with van der Waals surface area (Å²) in [5.74, 6) is -0.214. The Hall–Kier alpha value is -2.42. The molecule has 9 heteroatoms. The molecule has 138 valence electrons. The third kappa shape index (κ3) is 3.57. The molecular formula is C17H22BrN7O. The van der Waals surface area contributed by atoms with Crippen molar-refractivity contribution < 1.29 is 4.79 Å². The Kier molecular flexibility index (Phi) is 4.99. The number of nitrogens with zero attached hydrogens (tertiary/aromatic N) is 6. The number of halogens is 1. The Morgan fingerprint density at radius 3 is 2.54 bits per heavy atom. The lowest BCUT2D eigenvalue weighted by Gasteiger charge is -2.12. The van der Waals surface area contributed by atoms with Gasteiger partial charge in [-0.25, -0.2) is 4.68 Å². The van der Waals surface area contributed by atoms with Crippen molar-refractivity contribution in [1.29, 1.82) is 0 Å². The summed E-state index contributed by atoms with van der Waals surface area (Å²) in [6.07, 6.45) is 3.69. The van der Waals surface area contributed by atoms with Crippen LogP contribution < -0.4 is 5.32 Å². The minimum Gasteiger partial charge on any atom is -0.344 e. The van der Waals surface area contributed by atoms with Gasteiger partial charge in [-0.3, -0.25) is 14.2 Å². The number of carbonyl (C=O) groups excluding carboxylic acids is 1. The number of carbonyl (C=O) groups is 1. The van der Waals surface area contributed by atoms with Gasteiger partial charge in [0, 0.05) is 25.0 Å². The summed E-state index contributed by atoms with van der Waals surface area (Å²) >= 11 is 3.51. The first-order chi connectivity index (χ1) is 12.3. The van der Waals surface area contributed by atoms with E-state index in [0.29, 0.717) is 12.4 Å². The van der Waals surface area contributed by atoms with Gasteiger partial charge in [-0.05, 0) is 49.7 Å². The quantitative estimate of drug-likeness (QED) is 0.688. The molecule has 0 fully saturated rings. The number of amides is 1. The van der Waals surface area contributed by atoms with Crippen LogP contribution in [0.4, 0.5) is 0 Å². The largest absolute Gasteiger partial charge is 0.344 e. The molecule has 0 spiro atoms. The summed E-state index contributed by atoms with van der Waals surface area (Å²) in [4.78, 5) is 12.5. The van der Waals surface area contributed by atoms with Gasteiger partial charge in [0.05, 0.1) is 27.6 Å². The summed E-state index contributed by atoms with van der Waals surface area (Å²) in [5, 5.41) is 16.1. The fourth-order valence-corrected chi connectivity index (χ4v) is 3.19. The maximum absolute atomic E-state index is 12.5. The molecule has 0 aliphatic rings. The smallest absolute Gasteiger partial charge is 0.272 e. The van der Waals surface area contributed by atoms with Crippen molar-refractivity contribution in [1.82, 2.24) is 34.7 Å². The van der Waals surface area contributed by atoms with E-state index in [1.54, 1.807) is 21.6 Å². The molecular weight excluding hydrogens is 398 g/mol. The predicted octanol–water partition coefficient (Wildman–Crippen LogP) is 2.50. The summed E-state index contributed by atoms with van der Waals surface area (Å²) in [5.41, 5.74) is 4.21. The van der Waals surface area contributed by atoms with Gasteiger partial charge in [0.15, 0.2) is 0 Å². The molecule has 0 saturated carbocycles. The lowest BCUT2D eigenvalue weighted by molar-refractivity contribution is 0.0933. The summed E-state index contributed by atoms with van der Waals surface area (Å²) in [6.45, 7) is 8.24. The molecule has 0 aliphatic carbocycles. The minimum absolute atomic E-state index is 0.145. The molecule has 1 unspecified atom stereocenters. The van der Waals surface area contributed by atoms with Crippen LogP contribution in [0.25, 0.3) is 0 Å². The van der Waals surface area contributed by atoms with Crippen LogP contribution in [0, 0.1) is 20.8 Å². The topological polar surface area (TPSA) is 82.6 Å². The second kappa shape index (κ2) is 7.06. The Balaban J connectivity index is 1.69. The van der Waals surface area contributed by atoms with Crippen molar-refractivity contribution in [3.8, 4) is 0 Å². The first-order valence-corrected chi connectivity index (χ1v) is 9.09. The van der Waals surface area contributed by atoms with Crippen molar-refractivity contribution in [2.75, 3.05) is 0 Å². The number of nitrogens with one attached hydrogen (secondary N) is 1. The summed E-state index contributed by atoms with van der Waals surface area (Å²) in [6, 6.07) is 1.56. The van der Waals surface area contributed by atoms with Crippen LogP contribution in [-0.4, -0.2) is 35.2 Å². The van der Waals surface area contributed by atoms with E-state index in [0.717, 1.165) is 27.1 Å². The van der Waals surface area contributed by atoms with Gasteiger partial charge in [-0.1, -0.05) is 0 Å². The van der Waals surface area contributed by atoms with E-state index in [9.17, 15) is 4.79 Å². The molecule has 26 heavy (non-hydrogen) atoms. The first-order valence-electron chi connectivity index (χ1n) is 8.30. The van der Waals surface area contributed by atoms with E-state index in [4.69, 9.17) is 0 Å². The summed E-state index contributed by atoms with van der Waals surface area (Å²) < 4.78 is 6.27. The van der Waals surface area contributed by atoms with E-state index in [1.165, 1.54) is 0 Å².